The number of aldehydes is 1. The number of methoxy groups -OCH3 is 1. The van der Waals surface area contributed by atoms with Crippen LogP contribution in [0.2, 0.25) is 5.02 Å². The Bertz CT molecular complexity index is 1600. The number of rotatable bonds is 7. The Morgan fingerprint density at radius 1 is 1.13 bits per heavy atom. The molecule has 3 atom stereocenters. The summed E-state index contributed by atoms with van der Waals surface area (Å²) in [6, 6.07) is 16.7. The number of carbonyl (C=O) groups excluding carboxylic acids is 2. The highest BCUT2D eigenvalue weighted by Gasteiger charge is 2.34. The van der Waals surface area contributed by atoms with Crippen molar-refractivity contribution >= 4 is 46.9 Å². The third-order valence-corrected chi connectivity index (χ3v) is 8.50. The Labute approximate surface area is 265 Å². The van der Waals surface area contributed by atoms with Gasteiger partial charge in [0.15, 0.2) is 18.2 Å². The van der Waals surface area contributed by atoms with Gasteiger partial charge in [0, 0.05) is 50.1 Å². The lowest BCUT2D eigenvalue weighted by molar-refractivity contribution is -0.121. The molecule has 1 fully saturated rings. The van der Waals surface area contributed by atoms with Crippen LogP contribution in [0.3, 0.4) is 0 Å². The molecular formula is C33H34ClFN4O6. The number of carbonyl (C=O) groups is 3. The van der Waals surface area contributed by atoms with Crippen LogP contribution in [0.15, 0.2) is 65.8 Å². The van der Waals surface area contributed by atoms with E-state index in [1.54, 1.807) is 31.4 Å². The minimum Gasteiger partial charge on any atom is -0.478 e. The summed E-state index contributed by atoms with van der Waals surface area (Å²) < 4.78 is 19.1. The molecule has 3 aromatic carbocycles. The highest BCUT2D eigenvalue weighted by Crippen LogP contribution is 2.37. The van der Waals surface area contributed by atoms with E-state index in [9.17, 15) is 18.8 Å². The number of likely N-dealkylation sites (N-methyl/N-ethyl adjacent to an activating group) is 1. The minimum absolute atomic E-state index is 0.0322. The summed E-state index contributed by atoms with van der Waals surface area (Å²) in [7, 11) is 3.72. The molecule has 0 bridgehead atoms. The van der Waals surface area contributed by atoms with E-state index in [2.05, 4.69) is 26.3 Å². The number of hydrogen-bond acceptors (Lipinski definition) is 8. The van der Waals surface area contributed by atoms with Crippen molar-refractivity contribution in [3.8, 4) is 0 Å². The smallest absolute Gasteiger partial charge is 0.335 e. The maximum Gasteiger partial charge on any atom is 0.335 e. The van der Waals surface area contributed by atoms with Gasteiger partial charge in [0.25, 0.3) is 0 Å². The van der Waals surface area contributed by atoms with E-state index in [1.807, 2.05) is 19.2 Å². The molecule has 0 saturated carbocycles. The Hall–Kier alpha value is -4.32. The van der Waals surface area contributed by atoms with Gasteiger partial charge in [-0.05, 0) is 73.5 Å². The summed E-state index contributed by atoms with van der Waals surface area (Å²) in [5.41, 5.74) is 4.93. The number of nitrogens with one attached hydrogen (secondary N) is 1. The normalized spacial score (nSPS) is 20.8. The lowest BCUT2D eigenvalue weighted by atomic mass is 9.90. The van der Waals surface area contributed by atoms with Crippen molar-refractivity contribution in [2.75, 3.05) is 44.0 Å². The minimum atomic E-state index is -0.987. The largest absolute Gasteiger partial charge is 0.478 e. The maximum absolute atomic E-state index is 13.5. The number of anilines is 2. The zero-order valence-corrected chi connectivity index (χ0v) is 25.7. The van der Waals surface area contributed by atoms with Crippen LogP contribution in [0.5, 0.6) is 0 Å². The summed E-state index contributed by atoms with van der Waals surface area (Å²) in [4.78, 5) is 43.8. The van der Waals surface area contributed by atoms with Gasteiger partial charge >= 0.3 is 5.97 Å². The second kappa shape index (κ2) is 14.2. The lowest BCUT2D eigenvalue weighted by Crippen LogP contribution is -2.40. The highest BCUT2D eigenvalue weighted by molar-refractivity contribution is 6.31. The maximum atomic E-state index is 13.5. The van der Waals surface area contributed by atoms with Crippen molar-refractivity contribution in [2.24, 2.45) is 5.16 Å². The molecule has 3 heterocycles. The van der Waals surface area contributed by atoms with Gasteiger partial charge in [-0.25, -0.2) is 9.18 Å². The number of carboxylic acid groups (broad SMARTS) is 1. The number of oxime groups is 1. The summed E-state index contributed by atoms with van der Waals surface area (Å²) in [6.07, 6.45) is 2.46. The second-order valence-corrected chi connectivity index (χ2v) is 11.5. The summed E-state index contributed by atoms with van der Waals surface area (Å²) in [5, 5.41) is 15.7. The van der Waals surface area contributed by atoms with Gasteiger partial charge in [-0.3, -0.25) is 14.5 Å². The molecule has 0 aromatic heterocycles. The molecule has 12 heteroatoms. The number of ether oxygens (including phenoxy) is 1. The van der Waals surface area contributed by atoms with Crippen molar-refractivity contribution < 1.29 is 33.5 Å². The topological polar surface area (TPSA) is 121 Å². The molecule has 1 amide bonds. The van der Waals surface area contributed by atoms with Crippen molar-refractivity contribution in [1.29, 1.82) is 0 Å². The first-order chi connectivity index (χ1) is 21.7. The molecule has 6 rings (SSSR count). The van der Waals surface area contributed by atoms with E-state index in [4.69, 9.17) is 26.3 Å². The highest BCUT2D eigenvalue weighted by atomic mass is 35.5. The van der Waals surface area contributed by atoms with E-state index in [-0.39, 0.29) is 34.6 Å². The number of hydrogen-bond donors (Lipinski definition) is 2. The fourth-order valence-corrected chi connectivity index (χ4v) is 5.99. The van der Waals surface area contributed by atoms with Gasteiger partial charge in [-0.15, -0.1) is 0 Å². The number of halogens is 2. The van der Waals surface area contributed by atoms with Crippen LogP contribution in [-0.4, -0.2) is 79.9 Å². The Morgan fingerprint density at radius 2 is 1.89 bits per heavy atom. The second-order valence-electron chi connectivity index (χ2n) is 11.1. The fourth-order valence-electron chi connectivity index (χ4n) is 5.81. The summed E-state index contributed by atoms with van der Waals surface area (Å²) in [6.45, 7) is 2.62. The fraction of sp³-hybridized carbons (Fsp3) is 0.333. The van der Waals surface area contributed by atoms with Crippen LogP contribution in [0, 0.1) is 5.82 Å². The van der Waals surface area contributed by atoms with Crippen molar-refractivity contribution in [3.63, 3.8) is 0 Å². The van der Waals surface area contributed by atoms with Crippen LogP contribution in [0.4, 0.5) is 15.8 Å². The molecule has 10 nitrogen and oxygen atoms in total. The number of nitrogens with zero attached hydrogens (tertiary/aromatic N) is 3. The van der Waals surface area contributed by atoms with Gasteiger partial charge in [0.05, 0.1) is 22.4 Å². The van der Waals surface area contributed by atoms with E-state index in [0.29, 0.717) is 17.7 Å². The Kier molecular flexibility index (Phi) is 10.1. The molecule has 236 valence electrons. The van der Waals surface area contributed by atoms with Crippen LogP contribution in [-0.2, 0) is 25.6 Å². The van der Waals surface area contributed by atoms with E-state index in [1.165, 1.54) is 29.4 Å². The molecule has 3 unspecified atom stereocenters. The van der Waals surface area contributed by atoms with Gasteiger partial charge in [-0.1, -0.05) is 35.0 Å². The van der Waals surface area contributed by atoms with Crippen LogP contribution < -0.4 is 10.2 Å². The third kappa shape index (κ3) is 7.16. The molecule has 3 aliphatic rings. The molecule has 1 saturated heterocycles. The number of benzene rings is 3. The lowest BCUT2D eigenvalue weighted by Gasteiger charge is -2.36. The predicted molar refractivity (Wildman–Crippen MR) is 169 cm³/mol. The van der Waals surface area contributed by atoms with Crippen LogP contribution >= 0.6 is 11.6 Å². The van der Waals surface area contributed by atoms with Gasteiger partial charge < -0.3 is 24.9 Å². The monoisotopic (exact) mass is 636 g/mol. The van der Waals surface area contributed by atoms with Crippen molar-refractivity contribution in [2.45, 2.75) is 37.5 Å². The number of fused-ring (bicyclic) bond motifs is 1. The molecular weight excluding hydrogens is 603 g/mol. The average Bonchev–Trinajstić information content (AvgIpc) is 3.73. The molecule has 0 radical (unpaired) electrons. The zero-order valence-electron chi connectivity index (χ0n) is 24.9. The summed E-state index contributed by atoms with van der Waals surface area (Å²) in [5.74, 6) is -1.64. The van der Waals surface area contributed by atoms with Crippen LogP contribution in [0.1, 0.15) is 45.9 Å². The first-order valence-corrected chi connectivity index (χ1v) is 14.9. The number of amides is 1. The summed E-state index contributed by atoms with van der Waals surface area (Å²) >= 11 is 5.62. The predicted octanol–water partition coefficient (Wildman–Crippen LogP) is 4.95. The molecule has 45 heavy (non-hydrogen) atoms. The average molecular weight is 637 g/mol. The molecule has 3 aromatic rings. The van der Waals surface area contributed by atoms with E-state index in [0.717, 1.165) is 38.0 Å². The molecule has 3 aliphatic heterocycles. The van der Waals surface area contributed by atoms with E-state index >= 15 is 0 Å². The SMILES string of the molecule is COC1CCN(c2cccc3c2CCN(C)C3C(=O)Nc2ccc(C(=O)O)cc2)C1.O=CC1CC(c2cccc(Cl)c2F)=NO1. The van der Waals surface area contributed by atoms with Crippen LogP contribution in [0.25, 0.3) is 0 Å². The Morgan fingerprint density at radius 3 is 2.56 bits per heavy atom. The Balaban J connectivity index is 0.000000223. The molecule has 0 spiro atoms. The quantitative estimate of drug-likeness (QED) is 0.350. The standard InChI is InChI=1S/C23H27N3O4.C10H7ClFNO2/c1-25-12-11-18-19(4-3-5-20(18)26-13-10-17(14-26)30-2)21(25)22(27)24-16-8-6-15(7-9-16)23(28)29;11-8-3-1-2-7(10(8)12)9-4-6(5-14)15-13-9/h3-9,17,21H,10-14H2,1-2H3,(H,24,27)(H,28,29);1-3,5-6H,4H2. The third-order valence-electron chi connectivity index (χ3n) is 8.21. The van der Waals surface area contributed by atoms with Gasteiger partial charge in [0.1, 0.15) is 6.04 Å². The zero-order chi connectivity index (χ0) is 32.1. The first-order valence-electron chi connectivity index (χ1n) is 14.6. The molecule has 0 aliphatic carbocycles. The molecule has 2 N–H and O–H groups in total. The van der Waals surface area contributed by atoms with Gasteiger partial charge in [0.2, 0.25) is 5.91 Å². The number of aromatic carboxylic acids is 1. The van der Waals surface area contributed by atoms with Crippen molar-refractivity contribution in [1.82, 2.24) is 4.90 Å². The van der Waals surface area contributed by atoms with Gasteiger partial charge in [-0.2, -0.15) is 0 Å². The van der Waals surface area contributed by atoms with E-state index < -0.39 is 23.9 Å². The van der Waals surface area contributed by atoms with Crippen molar-refractivity contribution in [3.05, 3.63) is 93.8 Å². The first kappa shape index (κ1) is 32.1. The number of carboxylic acids is 1.